The lowest BCUT2D eigenvalue weighted by Gasteiger charge is -2.17. The molecule has 5 nitrogen and oxygen atoms in total. The van der Waals surface area contributed by atoms with Crippen LogP contribution in [0.2, 0.25) is 0 Å². The number of amides is 2. The molecule has 6 heteroatoms. The predicted octanol–water partition coefficient (Wildman–Crippen LogP) is 2.16. The zero-order valence-electron chi connectivity index (χ0n) is 13.5. The Labute approximate surface area is 140 Å². The third-order valence-electron chi connectivity index (χ3n) is 3.39. The highest BCUT2D eigenvalue weighted by molar-refractivity contribution is 8.04. The molecule has 1 aliphatic heterocycles. The summed E-state index contributed by atoms with van der Waals surface area (Å²) in [6.07, 6.45) is 0. The SMILES string of the molecule is COc1ccccc1C1=C(SCCO)C(=O)N(CC(C)C)C1=O. The van der Waals surface area contributed by atoms with Crippen LogP contribution in [-0.4, -0.2) is 47.8 Å². The van der Waals surface area contributed by atoms with Gasteiger partial charge in [-0.3, -0.25) is 14.5 Å². The quantitative estimate of drug-likeness (QED) is 0.774. The van der Waals surface area contributed by atoms with E-state index in [1.165, 1.54) is 23.8 Å². The minimum absolute atomic E-state index is 0.0565. The molecule has 1 heterocycles. The molecular formula is C17H21NO4S. The number of nitrogens with zero attached hydrogens (tertiary/aromatic N) is 1. The molecular weight excluding hydrogens is 314 g/mol. The van der Waals surface area contributed by atoms with Gasteiger partial charge in [0.1, 0.15) is 5.75 Å². The fourth-order valence-electron chi connectivity index (χ4n) is 2.46. The van der Waals surface area contributed by atoms with Crippen molar-refractivity contribution in [3.8, 4) is 5.75 Å². The summed E-state index contributed by atoms with van der Waals surface area (Å²) >= 11 is 1.21. The van der Waals surface area contributed by atoms with Crippen molar-refractivity contribution in [2.75, 3.05) is 26.0 Å². The van der Waals surface area contributed by atoms with Crippen molar-refractivity contribution in [1.29, 1.82) is 0 Å². The van der Waals surface area contributed by atoms with Gasteiger partial charge < -0.3 is 9.84 Å². The number of rotatable bonds is 7. The van der Waals surface area contributed by atoms with Crippen LogP contribution in [0.3, 0.4) is 0 Å². The molecule has 1 aliphatic rings. The second kappa shape index (κ2) is 7.66. The molecule has 124 valence electrons. The molecule has 0 saturated carbocycles. The lowest BCUT2D eigenvalue weighted by molar-refractivity contribution is -0.137. The zero-order chi connectivity index (χ0) is 17.0. The van der Waals surface area contributed by atoms with Crippen molar-refractivity contribution in [2.45, 2.75) is 13.8 Å². The van der Waals surface area contributed by atoms with Crippen LogP contribution in [0, 0.1) is 5.92 Å². The maximum atomic E-state index is 12.8. The zero-order valence-corrected chi connectivity index (χ0v) is 14.4. The van der Waals surface area contributed by atoms with Crippen molar-refractivity contribution in [1.82, 2.24) is 4.90 Å². The number of carbonyl (C=O) groups excluding carboxylic acids is 2. The maximum absolute atomic E-state index is 12.8. The highest BCUT2D eigenvalue weighted by atomic mass is 32.2. The van der Waals surface area contributed by atoms with E-state index in [9.17, 15) is 9.59 Å². The fraction of sp³-hybridized carbons (Fsp3) is 0.412. The smallest absolute Gasteiger partial charge is 0.267 e. The summed E-state index contributed by atoms with van der Waals surface area (Å²) in [7, 11) is 1.53. The summed E-state index contributed by atoms with van der Waals surface area (Å²) in [6, 6.07) is 7.16. The van der Waals surface area contributed by atoms with Gasteiger partial charge >= 0.3 is 0 Å². The average Bonchev–Trinajstić information content (AvgIpc) is 2.76. The van der Waals surface area contributed by atoms with Crippen LogP contribution < -0.4 is 4.74 Å². The third-order valence-corrected chi connectivity index (χ3v) is 4.44. The number of aliphatic hydroxyl groups is 1. The molecule has 0 aromatic heterocycles. The van der Waals surface area contributed by atoms with Gasteiger partial charge in [0.25, 0.3) is 11.8 Å². The van der Waals surface area contributed by atoms with Gasteiger partial charge in [0.2, 0.25) is 0 Å². The van der Waals surface area contributed by atoms with Crippen molar-refractivity contribution in [3.63, 3.8) is 0 Å². The predicted molar refractivity (Wildman–Crippen MR) is 91.0 cm³/mol. The Balaban J connectivity index is 2.51. The van der Waals surface area contributed by atoms with Crippen LogP contribution in [0.25, 0.3) is 5.57 Å². The van der Waals surface area contributed by atoms with E-state index in [1.807, 2.05) is 26.0 Å². The molecule has 0 spiro atoms. The van der Waals surface area contributed by atoms with Gasteiger partial charge in [-0.1, -0.05) is 32.0 Å². The molecule has 1 aromatic carbocycles. The number of methoxy groups -OCH3 is 1. The van der Waals surface area contributed by atoms with E-state index in [2.05, 4.69) is 0 Å². The van der Waals surface area contributed by atoms with Gasteiger partial charge in [0, 0.05) is 17.9 Å². The Morgan fingerprint density at radius 3 is 2.52 bits per heavy atom. The largest absolute Gasteiger partial charge is 0.496 e. The van der Waals surface area contributed by atoms with Gasteiger partial charge in [0.05, 0.1) is 24.2 Å². The summed E-state index contributed by atoms with van der Waals surface area (Å²) in [6.45, 7) is 4.24. The van der Waals surface area contributed by atoms with E-state index in [0.717, 1.165) is 0 Å². The first-order chi connectivity index (χ1) is 11.0. The molecule has 2 amide bonds. The molecule has 2 rings (SSSR count). The Morgan fingerprint density at radius 2 is 1.91 bits per heavy atom. The molecule has 1 aromatic rings. The molecule has 0 saturated heterocycles. The number of thioether (sulfide) groups is 1. The number of ether oxygens (including phenoxy) is 1. The van der Waals surface area contributed by atoms with Crippen molar-refractivity contribution in [2.24, 2.45) is 5.92 Å². The van der Waals surface area contributed by atoms with Gasteiger partial charge in [-0.2, -0.15) is 0 Å². The Kier molecular flexibility index (Phi) is 5.85. The first-order valence-electron chi connectivity index (χ1n) is 7.48. The van der Waals surface area contributed by atoms with E-state index < -0.39 is 0 Å². The third kappa shape index (κ3) is 3.59. The average molecular weight is 335 g/mol. The van der Waals surface area contributed by atoms with E-state index >= 15 is 0 Å². The number of para-hydroxylation sites is 1. The molecule has 1 N–H and O–H groups in total. The fourth-order valence-corrected chi connectivity index (χ4v) is 3.33. The molecule has 0 fully saturated rings. The molecule has 0 radical (unpaired) electrons. The van der Waals surface area contributed by atoms with Crippen molar-refractivity contribution < 1.29 is 19.4 Å². The van der Waals surface area contributed by atoms with E-state index in [0.29, 0.717) is 34.1 Å². The number of benzene rings is 1. The number of hydrogen-bond acceptors (Lipinski definition) is 5. The second-order valence-corrected chi connectivity index (χ2v) is 6.70. The summed E-state index contributed by atoms with van der Waals surface area (Å²) in [4.78, 5) is 27.1. The van der Waals surface area contributed by atoms with E-state index in [4.69, 9.17) is 9.84 Å². The number of aliphatic hydroxyl groups excluding tert-OH is 1. The normalized spacial score (nSPS) is 15.1. The topological polar surface area (TPSA) is 66.8 Å². The van der Waals surface area contributed by atoms with Gasteiger partial charge in [-0.25, -0.2) is 0 Å². The summed E-state index contributed by atoms with van der Waals surface area (Å²) in [5.74, 6) is 0.514. The lowest BCUT2D eigenvalue weighted by Crippen LogP contribution is -2.34. The maximum Gasteiger partial charge on any atom is 0.267 e. The number of carbonyl (C=O) groups is 2. The van der Waals surface area contributed by atoms with Crippen LogP contribution in [0.4, 0.5) is 0 Å². The first-order valence-corrected chi connectivity index (χ1v) is 8.47. The first kappa shape index (κ1) is 17.6. The monoisotopic (exact) mass is 335 g/mol. The molecule has 0 aliphatic carbocycles. The Hall–Kier alpha value is -1.79. The minimum Gasteiger partial charge on any atom is -0.496 e. The van der Waals surface area contributed by atoms with Gasteiger partial charge in [-0.05, 0) is 12.0 Å². The van der Waals surface area contributed by atoms with Crippen LogP contribution in [0.15, 0.2) is 29.2 Å². The van der Waals surface area contributed by atoms with Crippen LogP contribution in [0.1, 0.15) is 19.4 Å². The van der Waals surface area contributed by atoms with Gasteiger partial charge in [-0.15, -0.1) is 11.8 Å². The number of hydrogen-bond donors (Lipinski definition) is 1. The second-order valence-electron chi connectivity index (χ2n) is 5.59. The molecule has 0 bridgehead atoms. The number of imide groups is 1. The Bertz CT molecular complexity index is 639. The van der Waals surface area contributed by atoms with Crippen LogP contribution in [0.5, 0.6) is 5.75 Å². The summed E-state index contributed by atoms with van der Waals surface area (Å²) in [5, 5.41) is 9.07. The highest BCUT2D eigenvalue weighted by Gasteiger charge is 2.40. The van der Waals surface area contributed by atoms with Crippen molar-refractivity contribution >= 4 is 29.1 Å². The summed E-state index contributed by atoms with van der Waals surface area (Å²) in [5.41, 5.74) is 0.978. The standard InChI is InChI=1S/C17H21NO4S/c1-11(2)10-18-16(20)14(15(17(18)21)23-9-8-19)12-6-4-5-7-13(12)22-3/h4-7,11,19H,8-10H2,1-3H3. The van der Waals surface area contributed by atoms with Crippen LogP contribution in [-0.2, 0) is 9.59 Å². The highest BCUT2D eigenvalue weighted by Crippen LogP contribution is 2.39. The van der Waals surface area contributed by atoms with Crippen LogP contribution >= 0.6 is 11.8 Å². The Morgan fingerprint density at radius 1 is 1.22 bits per heavy atom. The van der Waals surface area contributed by atoms with E-state index in [-0.39, 0.29) is 24.3 Å². The molecule has 0 atom stereocenters. The minimum atomic E-state index is -0.298. The summed E-state index contributed by atoms with van der Waals surface area (Å²) < 4.78 is 5.34. The lowest BCUT2D eigenvalue weighted by atomic mass is 10.0. The van der Waals surface area contributed by atoms with E-state index in [1.54, 1.807) is 12.1 Å². The molecule has 23 heavy (non-hydrogen) atoms. The molecule has 0 unspecified atom stereocenters. The van der Waals surface area contributed by atoms with Gasteiger partial charge in [0.15, 0.2) is 0 Å². The van der Waals surface area contributed by atoms with Crippen molar-refractivity contribution in [3.05, 3.63) is 34.7 Å².